The van der Waals surface area contributed by atoms with E-state index in [0.29, 0.717) is 38.8 Å². The van der Waals surface area contributed by atoms with Gasteiger partial charge in [0.25, 0.3) is 0 Å². The van der Waals surface area contributed by atoms with Crippen molar-refractivity contribution in [2.24, 2.45) is 0 Å². The van der Waals surface area contributed by atoms with Crippen molar-refractivity contribution in [3.8, 4) is 0 Å². The molecule has 0 unspecified atom stereocenters. The van der Waals surface area contributed by atoms with Crippen LogP contribution in [0, 0.1) is 0 Å². The molecular weight excluding hydrogens is 388 g/mol. The Morgan fingerprint density at radius 1 is 0.900 bits per heavy atom. The minimum Gasteiger partial charge on any atom is -0.480 e. The molecule has 2 amide bonds. The molecule has 0 aromatic heterocycles. The van der Waals surface area contributed by atoms with Gasteiger partial charge < -0.3 is 19.6 Å². The molecule has 2 aliphatic heterocycles. The van der Waals surface area contributed by atoms with Crippen molar-refractivity contribution >= 4 is 23.8 Å². The second-order valence-electron chi connectivity index (χ2n) is 7.78. The zero-order chi connectivity index (χ0) is 21.5. The number of ether oxygens (including phenoxy) is 1. The minimum absolute atomic E-state index is 0.131. The molecule has 0 bridgehead atoms. The molecule has 8 nitrogen and oxygen atoms in total. The molecule has 1 aromatic carbocycles. The fourth-order valence-corrected chi connectivity index (χ4v) is 4.14. The molecule has 2 aliphatic rings. The number of amides is 2. The molecular formula is C22H28N2O6. The molecule has 2 atom stereocenters. The number of carbonyl (C=O) groups is 4. The van der Waals surface area contributed by atoms with Crippen LogP contribution in [0.1, 0.15) is 50.5 Å². The van der Waals surface area contributed by atoms with Gasteiger partial charge in [0.1, 0.15) is 18.7 Å². The van der Waals surface area contributed by atoms with Gasteiger partial charge in [0, 0.05) is 25.9 Å². The third kappa shape index (κ3) is 5.37. The van der Waals surface area contributed by atoms with Crippen molar-refractivity contribution in [3.05, 3.63) is 35.9 Å². The number of likely N-dealkylation sites (tertiary alicyclic amines) is 2. The van der Waals surface area contributed by atoms with Crippen LogP contribution in [0.2, 0.25) is 0 Å². The van der Waals surface area contributed by atoms with Crippen molar-refractivity contribution in [1.82, 2.24) is 9.80 Å². The number of carboxylic acids is 1. The summed E-state index contributed by atoms with van der Waals surface area (Å²) in [6, 6.07) is 8.04. The van der Waals surface area contributed by atoms with E-state index in [0.717, 1.165) is 12.0 Å². The average molecular weight is 416 g/mol. The molecule has 162 valence electrons. The van der Waals surface area contributed by atoms with Gasteiger partial charge in [-0.15, -0.1) is 0 Å². The standard InChI is InChI=1S/C22H28N2O6/c25-19(23-13-5-9-17(23)21(27)28)11-4-12-20(26)24-14-6-10-18(24)22(29)30-15-16-7-2-1-3-8-16/h1-3,7-8,17-18H,4-6,9-15H2,(H,27,28)/t17-,18-/m1/s1. The van der Waals surface area contributed by atoms with Crippen LogP contribution in [-0.4, -0.2) is 63.8 Å². The summed E-state index contributed by atoms with van der Waals surface area (Å²) < 4.78 is 5.39. The van der Waals surface area contributed by atoms with Crippen molar-refractivity contribution in [2.45, 2.75) is 63.6 Å². The number of esters is 1. The Labute approximate surface area is 175 Å². The maximum Gasteiger partial charge on any atom is 0.329 e. The molecule has 2 heterocycles. The normalized spacial score (nSPS) is 20.9. The van der Waals surface area contributed by atoms with Gasteiger partial charge >= 0.3 is 11.9 Å². The predicted octanol–water partition coefficient (Wildman–Crippen LogP) is 1.97. The van der Waals surface area contributed by atoms with Crippen LogP contribution < -0.4 is 0 Å². The van der Waals surface area contributed by atoms with Crippen LogP contribution in [0.3, 0.4) is 0 Å². The van der Waals surface area contributed by atoms with Gasteiger partial charge in [-0.2, -0.15) is 0 Å². The van der Waals surface area contributed by atoms with Crippen LogP contribution in [0.5, 0.6) is 0 Å². The van der Waals surface area contributed by atoms with Crippen LogP contribution in [0.4, 0.5) is 0 Å². The Morgan fingerprint density at radius 3 is 2.07 bits per heavy atom. The van der Waals surface area contributed by atoms with Gasteiger partial charge in [0.15, 0.2) is 0 Å². The number of carbonyl (C=O) groups excluding carboxylic acids is 3. The molecule has 30 heavy (non-hydrogen) atoms. The Balaban J connectivity index is 1.44. The van der Waals surface area contributed by atoms with E-state index in [2.05, 4.69) is 0 Å². The average Bonchev–Trinajstić information content (AvgIpc) is 3.42. The number of carboxylic acid groups (broad SMARTS) is 1. The highest BCUT2D eigenvalue weighted by molar-refractivity contribution is 5.86. The number of hydrogen-bond acceptors (Lipinski definition) is 5. The van der Waals surface area contributed by atoms with E-state index in [4.69, 9.17) is 4.74 Å². The van der Waals surface area contributed by atoms with Crippen molar-refractivity contribution in [3.63, 3.8) is 0 Å². The minimum atomic E-state index is -0.981. The summed E-state index contributed by atoms with van der Waals surface area (Å²) in [5, 5.41) is 9.19. The van der Waals surface area contributed by atoms with Gasteiger partial charge in [0.2, 0.25) is 11.8 Å². The Hall–Kier alpha value is -2.90. The van der Waals surface area contributed by atoms with Crippen molar-refractivity contribution in [2.75, 3.05) is 13.1 Å². The highest BCUT2D eigenvalue weighted by Gasteiger charge is 2.36. The summed E-state index contributed by atoms with van der Waals surface area (Å²) in [7, 11) is 0. The SMILES string of the molecule is O=C(O)[C@H]1CCCN1C(=O)CCCC(=O)N1CCC[C@@H]1C(=O)OCc1ccccc1. The molecule has 2 fully saturated rings. The fraction of sp³-hybridized carbons (Fsp3) is 0.545. The van der Waals surface area contributed by atoms with Gasteiger partial charge in [0.05, 0.1) is 0 Å². The van der Waals surface area contributed by atoms with Crippen molar-refractivity contribution < 1.29 is 29.0 Å². The second kappa shape index (κ2) is 10.2. The zero-order valence-electron chi connectivity index (χ0n) is 17.0. The van der Waals surface area contributed by atoms with E-state index in [1.807, 2.05) is 30.3 Å². The Kier molecular flexibility index (Phi) is 7.43. The molecule has 0 aliphatic carbocycles. The van der Waals surface area contributed by atoms with Crippen LogP contribution in [0.25, 0.3) is 0 Å². The monoisotopic (exact) mass is 416 g/mol. The van der Waals surface area contributed by atoms with E-state index in [1.54, 1.807) is 4.90 Å². The highest BCUT2D eigenvalue weighted by atomic mass is 16.5. The molecule has 0 spiro atoms. The first kappa shape index (κ1) is 21.8. The Bertz CT molecular complexity index is 781. The number of aliphatic carboxylic acids is 1. The van der Waals surface area contributed by atoms with Gasteiger partial charge in [-0.1, -0.05) is 30.3 Å². The number of rotatable bonds is 8. The molecule has 1 N–H and O–H groups in total. The van der Waals surface area contributed by atoms with E-state index in [9.17, 15) is 24.3 Å². The lowest BCUT2D eigenvalue weighted by molar-refractivity contribution is -0.154. The molecule has 3 rings (SSSR count). The van der Waals surface area contributed by atoms with Gasteiger partial charge in [-0.05, 0) is 37.7 Å². The third-order valence-electron chi connectivity index (χ3n) is 5.71. The summed E-state index contributed by atoms with van der Waals surface area (Å²) in [4.78, 5) is 51.5. The maximum atomic E-state index is 12.6. The zero-order valence-corrected chi connectivity index (χ0v) is 17.0. The van der Waals surface area contributed by atoms with Crippen LogP contribution in [0.15, 0.2) is 30.3 Å². The summed E-state index contributed by atoms with van der Waals surface area (Å²) in [5.74, 6) is -1.78. The lowest BCUT2D eigenvalue weighted by Crippen LogP contribution is -2.42. The van der Waals surface area contributed by atoms with Crippen LogP contribution >= 0.6 is 0 Å². The topological polar surface area (TPSA) is 104 Å². The Morgan fingerprint density at radius 2 is 1.47 bits per heavy atom. The van der Waals surface area contributed by atoms with Crippen molar-refractivity contribution in [1.29, 1.82) is 0 Å². The summed E-state index contributed by atoms with van der Waals surface area (Å²) >= 11 is 0. The first-order valence-electron chi connectivity index (χ1n) is 10.5. The smallest absolute Gasteiger partial charge is 0.329 e. The molecule has 0 radical (unpaired) electrons. The number of benzene rings is 1. The maximum absolute atomic E-state index is 12.6. The van der Waals surface area contributed by atoms with Gasteiger partial charge in [-0.25, -0.2) is 9.59 Å². The first-order valence-corrected chi connectivity index (χ1v) is 10.5. The lowest BCUT2D eigenvalue weighted by Gasteiger charge is -2.24. The van der Waals surface area contributed by atoms with E-state index >= 15 is 0 Å². The molecule has 1 aromatic rings. The summed E-state index contributed by atoms with van der Waals surface area (Å²) in [5.41, 5.74) is 0.891. The van der Waals surface area contributed by atoms with E-state index in [1.165, 1.54) is 4.90 Å². The van der Waals surface area contributed by atoms with Crippen LogP contribution in [-0.2, 0) is 30.5 Å². The lowest BCUT2D eigenvalue weighted by atomic mass is 10.1. The molecule has 8 heteroatoms. The van der Waals surface area contributed by atoms with E-state index in [-0.39, 0.29) is 31.3 Å². The largest absolute Gasteiger partial charge is 0.480 e. The fourth-order valence-electron chi connectivity index (χ4n) is 4.14. The highest BCUT2D eigenvalue weighted by Crippen LogP contribution is 2.22. The quantitative estimate of drug-likeness (QED) is 0.650. The van der Waals surface area contributed by atoms with E-state index < -0.39 is 24.0 Å². The third-order valence-corrected chi connectivity index (χ3v) is 5.71. The second-order valence-corrected chi connectivity index (χ2v) is 7.78. The molecule has 0 saturated carbocycles. The summed E-state index contributed by atoms with van der Waals surface area (Å²) in [6.07, 6.45) is 3.09. The predicted molar refractivity (Wildman–Crippen MR) is 107 cm³/mol. The summed E-state index contributed by atoms with van der Waals surface area (Å²) in [6.45, 7) is 1.13. The molecule has 2 saturated heterocycles. The number of hydrogen-bond donors (Lipinski definition) is 1. The van der Waals surface area contributed by atoms with Gasteiger partial charge in [-0.3, -0.25) is 9.59 Å². The first-order chi connectivity index (χ1) is 14.5. The number of nitrogens with zero attached hydrogens (tertiary/aromatic N) is 2.